The summed E-state index contributed by atoms with van der Waals surface area (Å²) in [7, 11) is 0. The summed E-state index contributed by atoms with van der Waals surface area (Å²) in [4.78, 5) is 53.2. The van der Waals surface area contributed by atoms with Crippen LogP contribution in [0.15, 0.2) is 11.1 Å². The van der Waals surface area contributed by atoms with Crippen molar-refractivity contribution in [3.05, 3.63) is 11.1 Å². The Balaban J connectivity index is 1.27. The van der Waals surface area contributed by atoms with Gasteiger partial charge >= 0.3 is 11.9 Å². The van der Waals surface area contributed by atoms with Crippen molar-refractivity contribution in [2.75, 3.05) is 6.54 Å². The molecule has 0 aliphatic heterocycles. The van der Waals surface area contributed by atoms with Crippen molar-refractivity contribution in [2.45, 2.75) is 165 Å². The van der Waals surface area contributed by atoms with Gasteiger partial charge in [-0.1, -0.05) is 67.7 Å². The number of fused-ring (bicyclic) bond motifs is 7. The molecule has 0 aromatic heterocycles. The molecule has 0 heterocycles. The first-order valence-electron chi connectivity index (χ1n) is 20.2. The van der Waals surface area contributed by atoms with Gasteiger partial charge in [-0.2, -0.15) is 0 Å². The van der Waals surface area contributed by atoms with E-state index in [1.54, 1.807) is 13.8 Å². The zero-order valence-electron chi connectivity index (χ0n) is 32.8. The summed E-state index contributed by atoms with van der Waals surface area (Å²) >= 11 is 0. The molecule has 0 aromatic rings. The van der Waals surface area contributed by atoms with Crippen LogP contribution in [-0.2, 0) is 23.9 Å². The van der Waals surface area contributed by atoms with Gasteiger partial charge in [0.2, 0.25) is 5.91 Å². The monoisotopic (exact) mass is 693 g/mol. The van der Waals surface area contributed by atoms with Gasteiger partial charge in [-0.05, 0) is 135 Å². The van der Waals surface area contributed by atoms with E-state index in [0.717, 1.165) is 63.5 Å². The SMILES string of the molecule is CC(C)C1=C2[C@H]3CC[C@@H]4[C@@]5(C)CC[C@H](OC(=O)CC(C)(C)C(=O)O)C(C)(C)[C@@H]5CC[C@@]4(C)[C@]3(C)CC[C@@]2(C(=O)NCC2CCCCC2)CC1=O. The molecular weight excluding hydrogens is 626 g/mol. The molecule has 50 heavy (non-hydrogen) atoms. The van der Waals surface area contributed by atoms with Gasteiger partial charge < -0.3 is 15.2 Å². The lowest BCUT2D eigenvalue weighted by atomic mass is 9.33. The minimum Gasteiger partial charge on any atom is -0.481 e. The van der Waals surface area contributed by atoms with Gasteiger partial charge in [-0.3, -0.25) is 19.2 Å². The lowest BCUT2D eigenvalue weighted by molar-refractivity contribution is -0.233. The van der Waals surface area contributed by atoms with E-state index in [0.29, 0.717) is 24.2 Å². The van der Waals surface area contributed by atoms with Gasteiger partial charge in [0.05, 0.1) is 17.3 Å². The van der Waals surface area contributed by atoms with Gasteiger partial charge in [0.25, 0.3) is 0 Å². The van der Waals surface area contributed by atoms with Crippen LogP contribution < -0.4 is 5.32 Å². The van der Waals surface area contributed by atoms with Crippen molar-refractivity contribution in [3.8, 4) is 0 Å². The summed E-state index contributed by atoms with van der Waals surface area (Å²) < 4.78 is 6.16. The second-order valence-corrected chi connectivity index (χ2v) is 20.2. The van der Waals surface area contributed by atoms with E-state index in [-0.39, 0.29) is 57.7 Å². The van der Waals surface area contributed by atoms with Crippen LogP contribution in [0.3, 0.4) is 0 Å². The van der Waals surface area contributed by atoms with Crippen LogP contribution in [0.1, 0.15) is 159 Å². The Morgan fingerprint density at radius 3 is 2.18 bits per heavy atom. The Hall–Kier alpha value is -2.18. The highest BCUT2D eigenvalue weighted by Gasteiger charge is 2.71. The first kappa shape index (κ1) is 37.6. The number of carboxylic acids is 1. The zero-order chi connectivity index (χ0) is 36.7. The van der Waals surface area contributed by atoms with Crippen molar-refractivity contribution < 1.29 is 29.0 Å². The third-order valence-electron chi connectivity index (χ3n) is 16.5. The number of esters is 1. The van der Waals surface area contributed by atoms with E-state index in [1.165, 1.54) is 37.7 Å². The van der Waals surface area contributed by atoms with Gasteiger partial charge in [0, 0.05) is 18.4 Å². The summed E-state index contributed by atoms with van der Waals surface area (Å²) in [6, 6.07) is 0. The number of hydrogen-bond acceptors (Lipinski definition) is 5. The Kier molecular flexibility index (Phi) is 9.58. The molecule has 1 amide bonds. The summed E-state index contributed by atoms with van der Waals surface area (Å²) in [5.74, 6) is 0.669. The van der Waals surface area contributed by atoms with Crippen LogP contribution in [0.2, 0.25) is 0 Å². The number of rotatable bonds is 8. The smallest absolute Gasteiger partial charge is 0.309 e. The highest BCUT2D eigenvalue weighted by atomic mass is 16.5. The molecule has 6 aliphatic carbocycles. The third kappa shape index (κ3) is 5.63. The number of hydrogen-bond donors (Lipinski definition) is 2. The fourth-order valence-corrected chi connectivity index (χ4v) is 13.5. The predicted octanol–water partition coefficient (Wildman–Crippen LogP) is 9.08. The molecule has 6 aliphatic rings. The van der Waals surface area contributed by atoms with E-state index in [9.17, 15) is 24.3 Å². The number of carbonyl (C=O) groups excluding carboxylic acids is 3. The first-order valence-corrected chi connectivity index (χ1v) is 20.2. The third-order valence-corrected chi connectivity index (χ3v) is 16.5. The second kappa shape index (κ2) is 12.7. The van der Waals surface area contributed by atoms with Crippen molar-refractivity contribution in [3.63, 3.8) is 0 Å². The van der Waals surface area contributed by atoms with Crippen LogP contribution in [-0.4, -0.2) is 41.4 Å². The molecule has 7 heteroatoms. The summed E-state index contributed by atoms with van der Waals surface area (Å²) in [5.41, 5.74) is 0.195. The van der Waals surface area contributed by atoms with Crippen LogP contribution in [0.4, 0.5) is 0 Å². The minimum absolute atomic E-state index is 0.0208. The molecule has 0 saturated heterocycles. The maximum absolute atomic E-state index is 14.5. The number of aliphatic carboxylic acids is 1. The Bertz CT molecular complexity index is 1440. The molecule has 0 aromatic carbocycles. The topological polar surface area (TPSA) is 110 Å². The Morgan fingerprint density at radius 2 is 1.54 bits per heavy atom. The average Bonchev–Trinajstić information content (AvgIpc) is 3.35. The maximum Gasteiger partial charge on any atom is 0.309 e. The number of allylic oxidation sites excluding steroid dienone is 1. The van der Waals surface area contributed by atoms with Gasteiger partial charge in [-0.15, -0.1) is 0 Å². The quantitative estimate of drug-likeness (QED) is 0.246. The molecule has 5 fully saturated rings. The van der Waals surface area contributed by atoms with Crippen molar-refractivity contribution in [1.82, 2.24) is 5.32 Å². The van der Waals surface area contributed by atoms with Gasteiger partial charge in [-0.25, -0.2) is 0 Å². The highest BCUT2D eigenvalue weighted by molar-refractivity contribution is 6.07. The van der Waals surface area contributed by atoms with E-state index >= 15 is 0 Å². The Labute approximate surface area is 301 Å². The zero-order valence-corrected chi connectivity index (χ0v) is 32.8. The summed E-state index contributed by atoms with van der Waals surface area (Å²) in [5, 5.41) is 13.0. The largest absolute Gasteiger partial charge is 0.481 e. The number of Topliss-reactive ketones (excluding diaryl/α,β-unsaturated/α-hetero) is 1. The van der Waals surface area contributed by atoms with E-state index in [1.807, 2.05) is 0 Å². The first-order chi connectivity index (χ1) is 23.2. The average molecular weight is 694 g/mol. The molecule has 5 saturated carbocycles. The van der Waals surface area contributed by atoms with E-state index < -0.39 is 22.8 Å². The lowest BCUT2D eigenvalue weighted by Crippen LogP contribution is -2.66. The molecule has 2 N–H and O–H groups in total. The van der Waals surface area contributed by atoms with Crippen molar-refractivity contribution in [1.29, 1.82) is 0 Å². The van der Waals surface area contributed by atoms with Crippen LogP contribution in [0, 0.1) is 62.1 Å². The van der Waals surface area contributed by atoms with Crippen molar-refractivity contribution >= 4 is 23.6 Å². The fraction of sp³-hybridized carbons (Fsp3) is 0.860. The number of carboxylic acid groups (broad SMARTS) is 1. The Morgan fingerprint density at radius 1 is 0.860 bits per heavy atom. The number of ether oxygens (including phenoxy) is 1. The number of carbonyl (C=O) groups is 4. The number of nitrogens with one attached hydrogen (secondary N) is 1. The molecule has 7 nitrogen and oxygen atoms in total. The van der Waals surface area contributed by atoms with Crippen molar-refractivity contribution in [2.24, 2.45) is 62.1 Å². The minimum atomic E-state index is -1.16. The molecule has 6 rings (SSSR count). The second-order valence-electron chi connectivity index (χ2n) is 20.2. The standard InChI is InChI=1S/C43H67NO6/c1-26(2)34-29(45)23-43(36(47)44-25-27-13-11-10-12-14-27)22-21-41(8)28(35(34)43)15-16-31-40(7)19-18-32(50-33(46)24-38(3,4)37(48)49)39(5,6)30(40)17-20-42(31,41)9/h26-28,30-32H,10-25H2,1-9H3,(H,44,47)(H,48,49)/t28-,30+,31-,32+,40+,41-,42-,43-/m1/s1. The molecular formula is C43H67NO6. The van der Waals surface area contributed by atoms with Gasteiger partial charge in [0.15, 0.2) is 5.78 Å². The molecule has 280 valence electrons. The van der Waals surface area contributed by atoms with Gasteiger partial charge in [0.1, 0.15) is 6.10 Å². The summed E-state index contributed by atoms with van der Waals surface area (Å²) in [6.45, 7) is 20.3. The van der Waals surface area contributed by atoms with E-state index in [2.05, 4.69) is 53.8 Å². The fourth-order valence-electron chi connectivity index (χ4n) is 13.5. The van der Waals surface area contributed by atoms with E-state index in [4.69, 9.17) is 4.74 Å². The number of ketones is 1. The number of amides is 1. The normalized spacial score (nSPS) is 40.0. The molecule has 0 unspecified atom stereocenters. The van der Waals surface area contributed by atoms with Crippen LogP contribution in [0.25, 0.3) is 0 Å². The summed E-state index contributed by atoms with van der Waals surface area (Å²) in [6.07, 6.45) is 13.9. The van der Waals surface area contributed by atoms with Crippen LogP contribution in [0.5, 0.6) is 0 Å². The molecule has 0 radical (unpaired) electrons. The molecule has 8 atom stereocenters. The molecule has 0 bridgehead atoms. The molecule has 0 spiro atoms. The lowest BCUT2D eigenvalue weighted by Gasteiger charge is -2.72. The highest BCUT2D eigenvalue weighted by Crippen LogP contribution is 2.76. The maximum atomic E-state index is 14.5. The predicted molar refractivity (Wildman–Crippen MR) is 195 cm³/mol. The van der Waals surface area contributed by atoms with Crippen LogP contribution >= 0.6 is 0 Å².